The van der Waals surface area contributed by atoms with Gasteiger partial charge in [-0.25, -0.2) is 4.79 Å². The van der Waals surface area contributed by atoms with E-state index in [0.717, 1.165) is 0 Å². The van der Waals surface area contributed by atoms with Gasteiger partial charge < -0.3 is 103 Å². The number of phenols is 1. The molecule has 2 saturated heterocycles. The number of benzene rings is 1. The van der Waals surface area contributed by atoms with Gasteiger partial charge in [0, 0.05) is 32.7 Å². The van der Waals surface area contributed by atoms with Crippen molar-refractivity contribution in [2.45, 2.75) is 185 Å². The molecule has 3 rings (SSSR count). The molecule has 0 aromatic heterocycles. The number of rotatable bonds is 39. The molecule has 0 saturated carbocycles. The monoisotopic (exact) mass is 1250 g/mol. The molecule has 0 radical (unpaired) electrons. The van der Waals surface area contributed by atoms with Crippen LogP contribution in [0.5, 0.6) is 5.75 Å². The third-order valence-electron chi connectivity index (χ3n) is 14.8. The summed E-state index contributed by atoms with van der Waals surface area (Å²) >= 11 is 0. The number of guanidine groups is 3. The molecule has 9 atom stereocenters. The first-order valence-corrected chi connectivity index (χ1v) is 30.4. The van der Waals surface area contributed by atoms with Gasteiger partial charge in [0.1, 0.15) is 54.1 Å². The summed E-state index contributed by atoms with van der Waals surface area (Å²) in [5, 5.41) is 38.3. The van der Waals surface area contributed by atoms with E-state index in [1.54, 1.807) is 12.1 Å². The largest absolute Gasteiger partial charge is 0.508 e. The van der Waals surface area contributed by atoms with Crippen LogP contribution in [-0.4, -0.2) is 197 Å². The van der Waals surface area contributed by atoms with Crippen molar-refractivity contribution in [3.05, 3.63) is 29.8 Å². The number of aliphatic carboxylic acids is 1. The standard InChI is InChI=1S/C57H98N20O12/c1-32(2)28-41(74-46(80)36(59)30-34-18-20-35(78)21-19-34)50(84)75-42(29-33(3)4)53(87)77-27-11-17-44(77)52(86)72-38(14-8-24-67-56(62)63)48(82)70-37(13-7-23-66-55(60)61)47(81)69-31-45(79)76-26-10-16-43(76)51(85)71-39(15-9-25-68-57(64)65)49(83)73-40(54(88)89)12-5-6-22-58/h18-21,32-33,36-44,78H,5-17,22-31,58-59H2,1-4H3,(H,69,81)(H,70,82)(H,71,85)(H,72,86)(H,73,83)(H,74,80)(H,75,84)(H,88,89)(H4,60,61,66)(H4,62,63,67)(H4,64,65,68)/t36-,37-,38-,39-,40-,41-,42-,43-,44-/m0/s1. The molecule has 2 heterocycles. The van der Waals surface area contributed by atoms with Crippen LogP contribution in [0.15, 0.2) is 39.2 Å². The zero-order chi connectivity index (χ0) is 66.3. The summed E-state index contributed by atoms with van der Waals surface area (Å²) in [4.78, 5) is 153. The second-order valence-electron chi connectivity index (χ2n) is 23.2. The number of nitrogens with one attached hydrogen (secondary N) is 7. The first-order valence-electron chi connectivity index (χ1n) is 30.4. The van der Waals surface area contributed by atoms with Crippen LogP contribution in [0.1, 0.15) is 130 Å². The SMILES string of the molecule is CC(C)C[C@H](NC(=O)[C@@H](N)Cc1ccc(O)cc1)C(=O)N[C@@H](CC(C)C)C(=O)N1CCC[C@H]1C(=O)N[C@@H](CCCN=C(N)N)C(=O)N[C@@H](CCCN=C(N)N)C(=O)NCC(=O)N1CCC[C@H]1C(=O)N[C@@H](CCCN=C(N)N)C(=O)N[C@@H](CCCCN)C(=O)O. The summed E-state index contributed by atoms with van der Waals surface area (Å²) in [6.07, 6.45) is 3.05. The van der Waals surface area contributed by atoms with E-state index in [1.807, 2.05) is 27.7 Å². The lowest BCUT2D eigenvalue weighted by molar-refractivity contribution is -0.143. The van der Waals surface area contributed by atoms with Crippen LogP contribution in [0.25, 0.3) is 0 Å². The summed E-state index contributed by atoms with van der Waals surface area (Å²) in [7, 11) is 0. The van der Waals surface area contributed by atoms with Gasteiger partial charge in [-0.2, -0.15) is 0 Å². The van der Waals surface area contributed by atoms with E-state index in [2.05, 4.69) is 52.2 Å². The summed E-state index contributed by atoms with van der Waals surface area (Å²) in [6, 6.07) is -4.47. The Labute approximate surface area is 519 Å². The van der Waals surface area contributed by atoms with Crippen molar-refractivity contribution < 1.29 is 58.2 Å². The number of hydrogen-bond donors (Lipinski definition) is 17. The molecule has 2 aliphatic rings. The van der Waals surface area contributed by atoms with E-state index in [1.165, 1.54) is 21.9 Å². The average molecular weight is 1260 g/mol. The molecule has 32 nitrogen and oxygen atoms in total. The zero-order valence-electron chi connectivity index (χ0n) is 51.8. The van der Waals surface area contributed by atoms with Crippen LogP contribution in [0.3, 0.4) is 0 Å². The van der Waals surface area contributed by atoms with Gasteiger partial charge in [-0.05, 0) is 139 Å². The fourth-order valence-corrected chi connectivity index (χ4v) is 10.3. The number of hydrogen-bond acceptors (Lipinski definition) is 16. The molecule has 32 heteroatoms. The minimum Gasteiger partial charge on any atom is -0.508 e. The molecule has 25 N–H and O–H groups in total. The average Bonchev–Trinajstić information content (AvgIpc) is 3.07. The molecule has 2 fully saturated rings. The highest BCUT2D eigenvalue weighted by Gasteiger charge is 2.41. The number of unbranched alkanes of at least 4 members (excludes halogenated alkanes) is 1. The lowest BCUT2D eigenvalue weighted by Crippen LogP contribution is -2.59. The Kier molecular flexibility index (Phi) is 32.5. The Bertz CT molecular complexity index is 2610. The summed E-state index contributed by atoms with van der Waals surface area (Å²) in [5.74, 6) is -8.37. The fourth-order valence-electron chi connectivity index (χ4n) is 10.3. The maximum atomic E-state index is 14.6. The smallest absolute Gasteiger partial charge is 0.326 e. The Morgan fingerprint density at radius 2 is 0.955 bits per heavy atom. The Morgan fingerprint density at radius 3 is 1.43 bits per heavy atom. The Hall–Kier alpha value is -8.55. The molecule has 1 aromatic carbocycles. The van der Waals surface area contributed by atoms with Gasteiger partial charge in [-0.15, -0.1) is 0 Å². The highest BCUT2D eigenvalue weighted by molar-refractivity contribution is 5.98. The number of aromatic hydroxyl groups is 1. The predicted molar refractivity (Wildman–Crippen MR) is 333 cm³/mol. The van der Waals surface area contributed by atoms with Crippen molar-refractivity contribution in [3.8, 4) is 5.75 Å². The van der Waals surface area contributed by atoms with Crippen molar-refractivity contribution in [1.29, 1.82) is 0 Å². The van der Waals surface area contributed by atoms with E-state index in [0.29, 0.717) is 37.8 Å². The third-order valence-corrected chi connectivity index (χ3v) is 14.8. The number of carbonyl (C=O) groups excluding carboxylic acids is 9. The van der Waals surface area contributed by atoms with Crippen LogP contribution in [0.2, 0.25) is 0 Å². The van der Waals surface area contributed by atoms with Gasteiger partial charge >= 0.3 is 5.97 Å². The number of amides is 9. The molecule has 0 spiro atoms. The highest BCUT2D eigenvalue weighted by Crippen LogP contribution is 2.23. The van der Waals surface area contributed by atoms with Crippen LogP contribution < -0.4 is 83.1 Å². The number of carbonyl (C=O) groups is 10. The number of carboxylic acid groups (broad SMARTS) is 1. The van der Waals surface area contributed by atoms with Crippen molar-refractivity contribution in [1.82, 2.24) is 47.0 Å². The number of nitrogens with two attached hydrogens (primary N) is 8. The molecule has 1 aromatic rings. The minimum atomic E-state index is -1.35. The van der Waals surface area contributed by atoms with E-state index in [4.69, 9.17) is 45.9 Å². The molecule has 0 unspecified atom stereocenters. The van der Waals surface area contributed by atoms with Gasteiger partial charge in [0.2, 0.25) is 53.2 Å². The maximum Gasteiger partial charge on any atom is 0.326 e. The molecular weight excluding hydrogens is 1160 g/mol. The van der Waals surface area contributed by atoms with Gasteiger partial charge in [-0.1, -0.05) is 39.8 Å². The molecular formula is C57H98N20O12. The first-order chi connectivity index (χ1) is 42.1. The maximum absolute atomic E-state index is 14.6. The topological polar surface area (TPSA) is 547 Å². The van der Waals surface area contributed by atoms with E-state index in [-0.39, 0.29) is 145 Å². The molecule has 89 heavy (non-hydrogen) atoms. The summed E-state index contributed by atoms with van der Waals surface area (Å²) in [5.41, 5.74) is 45.7. The molecule has 0 aliphatic carbocycles. The van der Waals surface area contributed by atoms with Crippen molar-refractivity contribution in [2.24, 2.45) is 72.7 Å². The van der Waals surface area contributed by atoms with Crippen molar-refractivity contribution in [2.75, 3.05) is 45.8 Å². The molecule has 0 bridgehead atoms. The van der Waals surface area contributed by atoms with Gasteiger partial charge in [0.25, 0.3) is 0 Å². The van der Waals surface area contributed by atoms with Crippen molar-refractivity contribution in [3.63, 3.8) is 0 Å². The lowest BCUT2D eigenvalue weighted by Gasteiger charge is -2.32. The number of likely N-dealkylation sites (tertiary alicyclic amines) is 2. The molecule has 498 valence electrons. The second kappa shape index (κ2) is 38.7. The van der Waals surface area contributed by atoms with E-state index < -0.39 is 120 Å². The normalized spacial score (nSPS) is 16.9. The quantitative estimate of drug-likeness (QED) is 0.0169. The third kappa shape index (κ3) is 27.2. The summed E-state index contributed by atoms with van der Waals surface area (Å²) in [6.45, 7) is 7.54. The van der Waals surface area contributed by atoms with Gasteiger partial charge in [-0.3, -0.25) is 58.1 Å². The van der Waals surface area contributed by atoms with Crippen LogP contribution >= 0.6 is 0 Å². The number of carboxylic acids is 1. The number of phenolic OH excluding ortho intramolecular Hbond substituents is 1. The molecule has 2 aliphatic heterocycles. The van der Waals surface area contributed by atoms with E-state index >= 15 is 0 Å². The second-order valence-corrected chi connectivity index (χ2v) is 23.2. The minimum absolute atomic E-state index is 0.00228. The predicted octanol–water partition coefficient (Wildman–Crippen LogP) is -4.26. The van der Waals surface area contributed by atoms with Crippen LogP contribution in [-0.2, 0) is 54.4 Å². The lowest BCUT2D eigenvalue weighted by atomic mass is 9.99. The number of nitrogens with zero attached hydrogens (tertiary/aromatic N) is 5. The van der Waals surface area contributed by atoms with Gasteiger partial charge in [0.15, 0.2) is 17.9 Å². The Balaban J connectivity index is 1.83. The van der Waals surface area contributed by atoms with Crippen LogP contribution in [0.4, 0.5) is 0 Å². The molecule has 9 amide bonds. The summed E-state index contributed by atoms with van der Waals surface area (Å²) < 4.78 is 0. The number of aliphatic imine (C=N–C) groups is 3. The Morgan fingerprint density at radius 1 is 0.539 bits per heavy atom. The van der Waals surface area contributed by atoms with E-state index in [9.17, 15) is 58.2 Å². The first kappa shape index (κ1) is 74.7. The zero-order valence-corrected chi connectivity index (χ0v) is 51.8. The van der Waals surface area contributed by atoms with Crippen molar-refractivity contribution >= 4 is 77.0 Å². The van der Waals surface area contributed by atoms with Gasteiger partial charge in [0.05, 0.1) is 12.6 Å². The van der Waals surface area contributed by atoms with Crippen LogP contribution in [0, 0.1) is 11.8 Å². The highest BCUT2D eigenvalue weighted by atomic mass is 16.4. The fraction of sp³-hybridized carbons (Fsp3) is 0.667.